The Hall–Kier alpha value is -1.39. The first kappa shape index (κ1) is 13.7. The number of hydrogen-bond acceptors (Lipinski definition) is 3. The fourth-order valence-electron chi connectivity index (χ4n) is 1.64. The molecule has 1 amide bonds. The zero-order chi connectivity index (χ0) is 12.8. The van der Waals surface area contributed by atoms with E-state index in [4.69, 9.17) is 5.73 Å². The quantitative estimate of drug-likeness (QED) is 0.792. The van der Waals surface area contributed by atoms with Crippen molar-refractivity contribution >= 4 is 5.91 Å². The fourth-order valence-corrected chi connectivity index (χ4v) is 1.64. The molecule has 0 aromatic heterocycles. The number of amides is 1. The van der Waals surface area contributed by atoms with Crippen molar-refractivity contribution in [2.45, 2.75) is 32.5 Å². The number of rotatable bonds is 5. The van der Waals surface area contributed by atoms with Crippen molar-refractivity contribution < 1.29 is 9.90 Å². The molecule has 0 radical (unpaired) electrons. The topological polar surface area (TPSA) is 66.6 Å². The van der Waals surface area contributed by atoms with Crippen molar-refractivity contribution in [3.63, 3.8) is 0 Å². The Balaban J connectivity index is 2.74. The molecule has 0 saturated heterocycles. The minimum absolute atomic E-state index is 0.144. The van der Waals surface area contributed by atoms with Crippen LogP contribution in [0.4, 0.5) is 0 Å². The summed E-state index contributed by atoms with van der Waals surface area (Å²) in [6, 6.07) is 9.12. The van der Waals surface area contributed by atoms with Gasteiger partial charge in [0.25, 0.3) is 0 Å². The molecule has 0 spiro atoms. The van der Waals surface area contributed by atoms with Gasteiger partial charge in [0.15, 0.2) is 0 Å². The van der Waals surface area contributed by atoms with Crippen molar-refractivity contribution in [2.24, 2.45) is 5.73 Å². The Morgan fingerprint density at radius 3 is 2.41 bits per heavy atom. The molecule has 0 bridgehead atoms. The SMILES string of the molecule is C[C@H](O)CN(Cc1ccccc1)C(=O)[C@@H](C)N. The smallest absolute Gasteiger partial charge is 0.239 e. The largest absolute Gasteiger partial charge is 0.392 e. The van der Waals surface area contributed by atoms with Crippen LogP contribution in [0.2, 0.25) is 0 Å². The van der Waals surface area contributed by atoms with Gasteiger partial charge in [-0.15, -0.1) is 0 Å². The van der Waals surface area contributed by atoms with Crippen LogP contribution in [0.15, 0.2) is 30.3 Å². The monoisotopic (exact) mass is 236 g/mol. The van der Waals surface area contributed by atoms with Gasteiger partial charge in [0.2, 0.25) is 5.91 Å². The molecule has 0 aliphatic heterocycles. The van der Waals surface area contributed by atoms with Gasteiger partial charge >= 0.3 is 0 Å². The van der Waals surface area contributed by atoms with E-state index in [1.807, 2.05) is 30.3 Å². The summed E-state index contributed by atoms with van der Waals surface area (Å²) in [6.45, 7) is 4.09. The van der Waals surface area contributed by atoms with Crippen LogP contribution in [0.3, 0.4) is 0 Å². The van der Waals surface area contributed by atoms with Crippen molar-refractivity contribution in [1.82, 2.24) is 4.90 Å². The molecule has 0 heterocycles. The second-order valence-corrected chi connectivity index (χ2v) is 4.34. The first-order chi connectivity index (χ1) is 8.00. The number of carbonyl (C=O) groups excluding carboxylic acids is 1. The van der Waals surface area contributed by atoms with E-state index in [9.17, 15) is 9.90 Å². The number of nitrogens with two attached hydrogens (primary N) is 1. The highest BCUT2D eigenvalue weighted by molar-refractivity contribution is 5.81. The van der Waals surface area contributed by atoms with Gasteiger partial charge in [-0.05, 0) is 19.4 Å². The summed E-state index contributed by atoms with van der Waals surface area (Å²) >= 11 is 0. The van der Waals surface area contributed by atoms with E-state index in [1.165, 1.54) is 0 Å². The lowest BCUT2D eigenvalue weighted by Gasteiger charge is -2.25. The van der Waals surface area contributed by atoms with Crippen molar-refractivity contribution in [3.8, 4) is 0 Å². The van der Waals surface area contributed by atoms with Gasteiger partial charge < -0.3 is 15.7 Å². The Morgan fingerprint density at radius 1 is 1.35 bits per heavy atom. The third-order valence-corrected chi connectivity index (χ3v) is 2.40. The molecule has 0 aliphatic rings. The van der Waals surface area contributed by atoms with Crippen LogP contribution in [-0.4, -0.2) is 34.6 Å². The van der Waals surface area contributed by atoms with E-state index in [0.29, 0.717) is 13.1 Å². The molecule has 1 aromatic rings. The fraction of sp³-hybridized carbons (Fsp3) is 0.462. The number of aliphatic hydroxyl groups is 1. The lowest BCUT2D eigenvalue weighted by molar-refractivity contribution is -0.134. The molecule has 1 rings (SSSR count). The summed E-state index contributed by atoms with van der Waals surface area (Å²) in [6.07, 6.45) is -0.554. The maximum absolute atomic E-state index is 11.9. The third-order valence-electron chi connectivity index (χ3n) is 2.40. The normalized spacial score (nSPS) is 14.1. The van der Waals surface area contributed by atoms with Gasteiger partial charge in [-0.3, -0.25) is 4.79 Å². The number of aliphatic hydroxyl groups excluding tert-OH is 1. The first-order valence-electron chi connectivity index (χ1n) is 5.77. The zero-order valence-corrected chi connectivity index (χ0v) is 10.3. The van der Waals surface area contributed by atoms with Gasteiger partial charge in [-0.2, -0.15) is 0 Å². The summed E-state index contributed by atoms with van der Waals surface area (Å²) < 4.78 is 0. The summed E-state index contributed by atoms with van der Waals surface area (Å²) in [5.41, 5.74) is 6.62. The minimum atomic E-state index is -0.554. The molecule has 4 heteroatoms. The molecule has 94 valence electrons. The van der Waals surface area contributed by atoms with Crippen LogP contribution in [-0.2, 0) is 11.3 Å². The highest BCUT2D eigenvalue weighted by Crippen LogP contribution is 2.06. The average Bonchev–Trinajstić information content (AvgIpc) is 2.28. The molecule has 0 unspecified atom stereocenters. The van der Waals surface area contributed by atoms with Gasteiger partial charge in [0, 0.05) is 13.1 Å². The predicted octanol–water partition coefficient (Wildman–Crippen LogP) is 0.743. The highest BCUT2D eigenvalue weighted by atomic mass is 16.3. The Bertz CT molecular complexity index is 350. The van der Waals surface area contributed by atoms with Gasteiger partial charge in [-0.25, -0.2) is 0 Å². The number of benzene rings is 1. The number of nitrogens with zero attached hydrogens (tertiary/aromatic N) is 1. The molecule has 0 fully saturated rings. The molecule has 2 atom stereocenters. The van der Waals surface area contributed by atoms with Crippen LogP contribution < -0.4 is 5.73 Å². The first-order valence-corrected chi connectivity index (χ1v) is 5.77. The van der Waals surface area contributed by atoms with Crippen LogP contribution >= 0.6 is 0 Å². The summed E-state index contributed by atoms with van der Waals surface area (Å²) in [7, 11) is 0. The molecule has 0 aliphatic carbocycles. The zero-order valence-electron chi connectivity index (χ0n) is 10.3. The number of carbonyl (C=O) groups is 1. The standard InChI is InChI=1S/C13H20N2O2/c1-10(16)8-15(13(17)11(2)14)9-12-6-4-3-5-7-12/h3-7,10-11,16H,8-9,14H2,1-2H3/t10-,11+/m0/s1. The van der Waals surface area contributed by atoms with E-state index in [2.05, 4.69) is 0 Å². The molecular weight excluding hydrogens is 216 g/mol. The van der Waals surface area contributed by atoms with Crippen molar-refractivity contribution in [3.05, 3.63) is 35.9 Å². The molecule has 17 heavy (non-hydrogen) atoms. The average molecular weight is 236 g/mol. The van der Waals surface area contributed by atoms with Crippen LogP contribution in [0.5, 0.6) is 0 Å². The second-order valence-electron chi connectivity index (χ2n) is 4.34. The Labute approximate surface area is 102 Å². The van der Waals surface area contributed by atoms with Gasteiger partial charge in [-0.1, -0.05) is 30.3 Å². The van der Waals surface area contributed by atoms with E-state index in [0.717, 1.165) is 5.56 Å². The molecule has 4 nitrogen and oxygen atoms in total. The second kappa shape index (κ2) is 6.37. The Morgan fingerprint density at radius 2 is 1.94 bits per heavy atom. The summed E-state index contributed by atoms with van der Waals surface area (Å²) in [4.78, 5) is 13.5. The van der Waals surface area contributed by atoms with Gasteiger partial charge in [0.05, 0.1) is 12.1 Å². The van der Waals surface area contributed by atoms with Gasteiger partial charge in [0.1, 0.15) is 0 Å². The third kappa shape index (κ3) is 4.54. The Kier molecular flexibility index (Phi) is 5.12. The maximum Gasteiger partial charge on any atom is 0.239 e. The van der Waals surface area contributed by atoms with Crippen LogP contribution in [0, 0.1) is 0 Å². The molecule has 0 saturated carbocycles. The van der Waals surface area contributed by atoms with E-state index in [-0.39, 0.29) is 5.91 Å². The maximum atomic E-state index is 11.9. The lowest BCUT2D eigenvalue weighted by atomic mass is 10.2. The molecule has 3 N–H and O–H groups in total. The van der Waals surface area contributed by atoms with Crippen LogP contribution in [0.1, 0.15) is 19.4 Å². The minimum Gasteiger partial charge on any atom is -0.392 e. The molecule has 1 aromatic carbocycles. The van der Waals surface area contributed by atoms with E-state index < -0.39 is 12.1 Å². The predicted molar refractivity (Wildman–Crippen MR) is 67.2 cm³/mol. The van der Waals surface area contributed by atoms with E-state index >= 15 is 0 Å². The molecular formula is C13H20N2O2. The highest BCUT2D eigenvalue weighted by Gasteiger charge is 2.18. The van der Waals surface area contributed by atoms with Crippen LogP contribution in [0.25, 0.3) is 0 Å². The van der Waals surface area contributed by atoms with E-state index in [1.54, 1.807) is 18.7 Å². The van der Waals surface area contributed by atoms with Crippen molar-refractivity contribution in [2.75, 3.05) is 6.54 Å². The summed E-state index contributed by atoms with van der Waals surface area (Å²) in [5.74, 6) is -0.144. The summed E-state index contributed by atoms with van der Waals surface area (Å²) in [5, 5.41) is 9.40. The van der Waals surface area contributed by atoms with Crippen molar-refractivity contribution in [1.29, 1.82) is 0 Å². The number of hydrogen-bond donors (Lipinski definition) is 2. The lowest BCUT2D eigenvalue weighted by Crippen LogP contribution is -2.44.